The minimum Gasteiger partial charge on any atom is -0.462 e. The Morgan fingerprint density at radius 1 is 0.913 bits per heavy atom. The molecule has 3 amide bonds. The van der Waals surface area contributed by atoms with E-state index in [4.69, 9.17) is 4.74 Å². The summed E-state index contributed by atoms with van der Waals surface area (Å²) in [5.74, 6) is -4.62. The Kier molecular flexibility index (Phi) is 8.33. The maximum Gasteiger partial charge on any atom is 0.418 e. The van der Waals surface area contributed by atoms with Gasteiger partial charge in [0, 0.05) is 16.5 Å². The number of nitrogens with one attached hydrogen (secondary N) is 1. The number of ether oxygens (including phenoxy) is 1. The van der Waals surface area contributed by atoms with E-state index in [1.165, 1.54) is 41.0 Å². The van der Waals surface area contributed by atoms with E-state index < -0.39 is 69.6 Å². The number of carbonyl (C=O) groups is 4. The summed E-state index contributed by atoms with van der Waals surface area (Å²) < 4.78 is 48.0. The largest absolute Gasteiger partial charge is 0.462 e. The van der Waals surface area contributed by atoms with E-state index in [0.29, 0.717) is 31.6 Å². The van der Waals surface area contributed by atoms with Crippen molar-refractivity contribution in [2.24, 2.45) is 5.92 Å². The molecular formula is C32H24F3N3O6S2. The highest BCUT2D eigenvalue weighted by molar-refractivity contribution is 8.00. The molecule has 4 aromatic rings. The summed E-state index contributed by atoms with van der Waals surface area (Å²) >= 11 is 1.73. The van der Waals surface area contributed by atoms with Crippen molar-refractivity contribution in [1.82, 2.24) is 4.57 Å². The number of carbonyl (C=O) groups excluding carboxylic acids is 4. The van der Waals surface area contributed by atoms with Crippen molar-refractivity contribution in [1.29, 1.82) is 0 Å². The van der Waals surface area contributed by atoms with Gasteiger partial charge >= 0.3 is 17.0 Å². The van der Waals surface area contributed by atoms with Crippen molar-refractivity contribution >= 4 is 58.2 Å². The summed E-state index contributed by atoms with van der Waals surface area (Å²) in [5.41, 5.74) is -0.411. The first-order valence-corrected chi connectivity index (χ1v) is 15.8. The van der Waals surface area contributed by atoms with Crippen LogP contribution in [0.1, 0.15) is 39.2 Å². The number of rotatable bonds is 7. The first kappa shape index (κ1) is 31.3. The van der Waals surface area contributed by atoms with Crippen LogP contribution in [0.4, 0.5) is 24.5 Å². The quantitative estimate of drug-likeness (QED) is 0.203. The van der Waals surface area contributed by atoms with E-state index in [2.05, 4.69) is 5.32 Å². The summed E-state index contributed by atoms with van der Waals surface area (Å²) in [6.07, 6.45) is -4.82. The van der Waals surface area contributed by atoms with Crippen molar-refractivity contribution in [3.05, 3.63) is 110 Å². The van der Waals surface area contributed by atoms with Gasteiger partial charge in [0.25, 0.3) is 0 Å². The lowest BCUT2D eigenvalue weighted by Gasteiger charge is -2.30. The zero-order chi connectivity index (χ0) is 32.7. The van der Waals surface area contributed by atoms with E-state index in [-0.39, 0.29) is 6.61 Å². The SMILES string of the molecule is CCOC(=O)c1ccc(NC(=O)Cn2c3c(sc2=O)[C@H](c2ccccc2)C2C(=O)N(c4ccccc4C(F)(F)F)C(=O)C2S3)cc1. The van der Waals surface area contributed by atoms with Crippen LogP contribution in [-0.4, -0.2) is 40.1 Å². The number of hydrogen-bond acceptors (Lipinski definition) is 8. The summed E-state index contributed by atoms with van der Waals surface area (Å²) in [7, 11) is 0. The molecule has 1 fully saturated rings. The zero-order valence-corrected chi connectivity index (χ0v) is 25.6. The molecule has 9 nitrogen and oxygen atoms in total. The van der Waals surface area contributed by atoms with Crippen LogP contribution in [0, 0.1) is 5.92 Å². The van der Waals surface area contributed by atoms with Gasteiger partial charge in [0.2, 0.25) is 17.7 Å². The molecule has 0 radical (unpaired) electrons. The third-order valence-electron chi connectivity index (χ3n) is 7.64. The Labute approximate surface area is 268 Å². The van der Waals surface area contributed by atoms with E-state index >= 15 is 0 Å². The fourth-order valence-electron chi connectivity index (χ4n) is 5.67. The van der Waals surface area contributed by atoms with Crippen LogP contribution in [-0.2, 0) is 31.8 Å². The van der Waals surface area contributed by atoms with Crippen molar-refractivity contribution in [2.45, 2.75) is 35.8 Å². The first-order valence-electron chi connectivity index (χ1n) is 14.1. The number of anilines is 2. The maximum atomic E-state index is 13.9. The number of amides is 3. The monoisotopic (exact) mass is 667 g/mol. The molecule has 3 heterocycles. The van der Waals surface area contributed by atoms with Crippen LogP contribution < -0.4 is 15.1 Å². The number of benzene rings is 3. The van der Waals surface area contributed by atoms with Gasteiger partial charge < -0.3 is 10.1 Å². The van der Waals surface area contributed by atoms with Gasteiger partial charge in [-0.05, 0) is 48.9 Å². The average Bonchev–Trinajstić information content (AvgIpc) is 3.47. The highest BCUT2D eigenvalue weighted by Gasteiger charge is 2.57. The standard InChI is InChI=1S/C32H24F3N3O6S2/c1-2-44-30(42)18-12-14-19(15-13-18)36-22(39)16-37-29-26(46-31(37)43)23(17-8-4-3-5-9-17)24-25(45-29)28(41)38(27(24)40)21-11-7-6-10-20(21)32(33,34)35/h3-15,23-25H,2,16H2,1H3,(H,36,39)/t23-,24?,25?/m1/s1. The number of hydrogen-bond donors (Lipinski definition) is 1. The Hall–Kier alpha value is -4.69. The molecule has 6 rings (SSSR count). The maximum absolute atomic E-state index is 13.9. The van der Waals surface area contributed by atoms with Gasteiger partial charge in [0.1, 0.15) is 11.8 Å². The van der Waals surface area contributed by atoms with E-state index in [0.717, 1.165) is 35.2 Å². The molecule has 2 aliphatic rings. The second-order valence-electron chi connectivity index (χ2n) is 10.4. The molecule has 1 aromatic heterocycles. The number of thioether (sulfide) groups is 1. The molecule has 14 heteroatoms. The van der Waals surface area contributed by atoms with Crippen LogP contribution in [0.5, 0.6) is 0 Å². The van der Waals surface area contributed by atoms with Crippen LogP contribution >= 0.6 is 23.1 Å². The number of aromatic nitrogens is 1. The molecule has 2 unspecified atom stereocenters. The number of alkyl halides is 3. The van der Waals surface area contributed by atoms with Crippen LogP contribution in [0.25, 0.3) is 0 Å². The number of nitrogens with zero attached hydrogens (tertiary/aromatic N) is 2. The van der Waals surface area contributed by atoms with Gasteiger partial charge in [-0.2, -0.15) is 13.2 Å². The number of esters is 1. The number of halogens is 3. The smallest absolute Gasteiger partial charge is 0.418 e. The van der Waals surface area contributed by atoms with E-state index in [9.17, 15) is 37.1 Å². The Morgan fingerprint density at radius 2 is 1.59 bits per heavy atom. The van der Waals surface area contributed by atoms with Crippen LogP contribution in [0.3, 0.4) is 0 Å². The number of thiazole rings is 1. The van der Waals surface area contributed by atoms with Gasteiger partial charge in [-0.25, -0.2) is 9.69 Å². The van der Waals surface area contributed by atoms with Gasteiger partial charge in [-0.1, -0.05) is 65.6 Å². The highest BCUT2D eigenvalue weighted by Crippen LogP contribution is 2.54. The first-order chi connectivity index (χ1) is 22.0. The Balaban J connectivity index is 1.35. The number of imide groups is 1. The third kappa shape index (κ3) is 5.62. The van der Waals surface area contributed by atoms with Crippen LogP contribution in [0.15, 0.2) is 88.7 Å². The van der Waals surface area contributed by atoms with Crippen LogP contribution in [0.2, 0.25) is 0 Å². The molecule has 1 N–H and O–H groups in total. The van der Waals surface area contributed by atoms with Gasteiger partial charge in [-0.3, -0.25) is 23.7 Å². The molecule has 0 spiro atoms. The van der Waals surface area contributed by atoms with Gasteiger partial charge in [0.05, 0.1) is 34.4 Å². The molecule has 1 saturated heterocycles. The Bertz CT molecular complexity index is 1910. The molecule has 46 heavy (non-hydrogen) atoms. The second kappa shape index (κ2) is 12.2. The number of para-hydroxylation sites is 1. The fourth-order valence-corrected chi connectivity index (χ4v) is 8.44. The molecule has 2 aliphatic heterocycles. The van der Waals surface area contributed by atoms with E-state index in [1.54, 1.807) is 37.3 Å². The van der Waals surface area contributed by atoms with Crippen molar-refractivity contribution in [3.8, 4) is 0 Å². The lowest BCUT2D eigenvalue weighted by atomic mass is 9.83. The highest BCUT2D eigenvalue weighted by atomic mass is 32.2. The zero-order valence-electron chi connectivity index (χ0n) is 23.9. The van der Waals surface area contributed by atoms with E-state index in [1.807, 2.05) is 0 Å². The summed E-state index contributed by atoms with van der Waals surface area (Å²) in [4.78, 5) is 66.7. The third-order valence-corrected chi connectivity index (χ3v) is 10.2. The topological polar surface area (TPSA) is 115 Å². The lowest BCUT2D eigenvalue weighted by Crippen LogP contribution is -2.33. The normalized spacial score (nSPS) is 19.0. The summed E-state index contributed by atoms with van der Waals surface area (Å²) in [6.45, 7) is 1.46. The lowest BCUT2D eigenvalue weighted by molar-refractivity contribution is -0.137. The molecule has 0 bridgehead atoms. The summed E-state index contributed by atoms with van der Waals surface area (Å²) in [6, 6.07) is 19.1. The van der Waals surface area contributed by atoms with Gasteiger partial charge in [0.15, 0.2) is 0 Å². The summed E-state index contributed by atoms with van der Waals surface area (Å²) in [5, 5.41) is 1.82. The molecular weight excluding hydrogens is 643 g/mol. The number of fused-ring (bicyclic) bond motifs is 2. The average molecular weight is 668 g/mol. The van der Waals surface area contributed by atoms with Gasteiger partial charge in [-0.15, -0.1) is 0 Å². The Morgan fingerprint density at radius 3 is 2.26 bits per heavy atom. The predicted octanol–water partition coefficient (Wildman–Crippen LogP) is 5.54. The predicted molar refractivity (Wildman–Crippen MR) is 165 cm³/mol. The van der Waals surface area contributed by atoms with Crippen molar-refractivity contribution < 1.29 is 37.1 Å². The molecule has 3 aromatic carbocycles. The minimum atomic E-state index is -4.82. The second-order valence-corrected chi connectivity index (χ2v) is 12.6. The molecule has 236 valence electrons. The molecule has 3 atom stereocenters. The molecule has 0 aliphatic carbocycles. The fraction of sp³-hybridized carbons (Fsp3) is 0.219. The molecule has 0 saturated carbocycles. The van der Waals surface area contributed by atoms with Crippen molar-refractivity contribution in [2.75, 3.05) is 16.8 Å². The van der Waals surface area contributed by atoms with Crippen molar-refractivity contribution in [3.63, 3.8) is 0 Å². The minimum absolute atomic E-state index is 0.209.